The van der Waals surface area contributed by atoms with Gasteiger partial charge in [0.1, 0.15) is 6.54 Å². The maximum atomic E-state index is 13.0. The Bertz CT molecular complexity index is 991. The summed E-state index contributed by atoms with van der Waals surface area (Å²) in [6, 6.07) is 4.78. The van der Waals surface area contributed by atoms with Crippen LogP contribution in [-0.2, 0) is 27.9 Å². The zero-order valence-electron chi connectivity index (χ0n) is 16.7. The van der Waals surface area contributed by atoms with Crippen LogP contribution in [0.3, 0.4) is 0 Å². The number of halogens is 1. The Balaban J connectivity index is 1.71. The van der Waals surface area contributed by atoms with E-state index < -0.39 is 10.0 Å². The normalized spacial score (nSPS) is 17.8. The van der Waals surface area contributed by atoms with Crippen LogP contribution in [0.1, 0.15) is 19.0 Å². The van der Waals surface area contributed by atoms with E-state index in [1.54, 1.807) is 18.3 Å². The zero-order chi connectivity index (χ0) is 21.2. The molecule has 0 aliphatic carbocycles. The van der Waals surface area contributed by atoms with Gasteiger partial charge < -0.3 is 10.2 Å². The van der Waals surface area contributed by atoms with E-state index in [0.29, 0.717) is 35.7 Å². The molecule has 0 saturated carbocycles. The summed E-state index contributed by atoms with van der Waals surface area (Å²) in [5.74, 6) is 0.0262. The molecule has 3 rings (SSSR count). The molecule has 0 spiro atoms. The second-order valence-electron chi connectivity index (χ2n) is 7.60. The molecule has 1 aromatic carbocycles. The SMILES string of the molecule is C[C@H]1CCN(S(=O)(=O)c2cc(NC(=O)Cn3cc(CN(C)C)nn3)ccc2Br)C1. The largest absolute Gasteiger partial charge is 0.324 e. The number of rotatable bonds is 7. The zero-order valence-corrected chi connectivity index (χ0v) is 19.1. The number of sulfonamides is 1. The Kier molecular flexibility index (Phi) is 6.72. The third kappa shape index (κ3) is 5.41. The molecule has 1 aliphatic rings. The number of hydrogen-bond donors (Lipinski definition) is 1. The molecule has 1 amide bonds. The van der Waals surface area contributed by atoms with Gasteiger partial charge in [-0.25, -0.2) is 13.1 Å². The van der Waals surface area contributed by atoms with Gasteiger partial charge in [-0.15, -0.1) is 5.10 Å². The Morgan fingerprint density at radius 2 is 2.14 bits per heavy atom. The quantitative estimate of drug-likeness (QED) is 0.642. The number of aromatic nitrogens is 3. The number of nitrogens with one attached hydrogen (secondary N) is 1. The van der Waals surface area contributed by atoms with Crippen molar-refractivity contribution in [2.24, 2.45) is 5.92 Å². The summed E-state index contributed by atoms with van der Waals surface area (Å²) in [7, 11) is 0.224. The number of carbonyl (C=O) groups is 1. The monoisotopic (exact) mass is 484 g/mol. The molecule has 2 aromatic rings. The Morgan fingerprint density at radius 3 is 2.79 bits per heavy atom. The first kappa shape index (κ1) is 21.9. The van der Waals surface area contributed by atoms with Gasteiger partial charge in [0.15, 0.2) is 0 Å². The van der Waals surface area contributed by atoms with E-state index in [9.17, 15) is 13.2 Å². The molecule has 1 aliphatic heterocycles. The molecule has 1 saturated heterocycles. The Labute approximate surface area is 179 Å². The van der Waals surface area contributed by atoms with Crippen molar-refractivity contribution in [2.75, 3.05) is 32.5 Å². The molecule has 1 N–H and O–H groups in total. The van der Waals surface area contributed by atoms with Gasteiger partial charge in [-0.05, 0) is 60.6 Å². The molecule has 1 aromatic heterocycles. The highest BCUT2D eigenvalue weighted by molar-refractivity contribution is 9.10. The van der Waals surface area contributed by atoms with E-state index >= 15 is 0 Å². The lowest BCUT2D eigenvalue weighted by Crippen LogP contribution is -2.29. The Morgan fingerprint density at radius 1 is 1.38 bits per heavy atom. The minimum Gasteiger partial charge on any atom is -0.324 e. The predicted molar refractivity (Wildman–Crippen MR) is 113 cm³/mol. The van der Waals surface area contributed by atoms with Crippen LogP contribution in [0.2, 0.25) is 0 Å². The molecule has 158 valence electrons. The molecule has 1 fully saturated rings. The minimum atomic E-state index is -3.62. The van der Waals surface area contributed by atoms with Crippen LogP contribution in [0.5, 0.6) is 0 Å². The van der Waals surface area contributed by atoms with Gasteiger partial charge in [0.25, 0.3) is 0 Å². The van der Waals surface area contributed by atoms with Crippen LogP contribution in [0.4, 0.5) is 5.69 Å². The van der Waals surface area contributed by atoms with Crippen molar-refractivity contribution in [2.45, 2.75) is 31.3 Å². The third-order valence-electron chi connectivity index (χ3n) is 4.59. The van der Waals surface area contributed by atoms with Gasteiger partial charge in [-0.2, -0.15) is 4.31 Å². The van der Waals surface area contributed by atoms with Gasteiger partial charge >= 0.3 is 0 Å². The lowest BCUT2D eigenvalue weighted by atomic mass is 10.2. The topological polar surface area (TPSA) is 100 Å². The number of amides is 1. The number of anilines is 1. The van der Waals surface area contributed by atoms with Crippen LogP contribution in [-0.4, -0.2) is 65.7 Å². The fraction of sp³-hybridized carbons (Fsp3) is 0.500. The van der Waals surface area contributed by atoms with E-state index in [2.05, 4.69) is 31.6 Å². The Hall–Kier alpha value is -1.82. The molecule has 29 heavy (non-hydrogen) atoms. The van der Waals surface area contributed by atoms with Crippen molar-refractivity contribution < 1.29 is 13.2 Å². The highest BCUT2D eigenvalue weighted by atomic mass is 79.9. The van der Waals surface area contributed by atoms with E-state index in [1.807, 2.05) is 25.9 Å². The first-order chi connectivity index (χ1) is 13.6. The summed E-state index contributed by atoms with van der Waals surface area (Å²) < 4.78 is 29.4. The summed E-state index contributed by atoms with van der Waals surface area (Å²) in [5, 5.41) is 10.7. The molecular formula is C18H25BrN6O3S. The molecule has 9 nitrogen and oxygen atoms in total. The van der Waals surface area contributed by atoms with Crippen molar-refractivity contribution in [3.8, 4) is 0 Å². The minimum absolute atomic E-state index is 0.0117. The van der Waals surface area contributed by atoms with Crippen LogP contribution < -0.4 is 5.32 Å². The summed E-state index contributed by atoms with van der Waals surface area (Å²) in [6.07, 6.45) is 2.56. The fourth-order valence-electron chi connectivity index (χ4n) is 3.19. The summed E-state index contributed by atoms with van der Waals surface area (Å²) in [5.41, 5.74) is 1.18. The molecule has 11 heteroatoms. The maximum absolute atomic E-state index is 13.0. The summed E-state index contributed by atoms with van der Waals surface area (Å²) in [4.78, 5) is 14.5. The van der Waals surface area contributed by atoms with Crippen LogP contribution >= 0.6 is 15.9 Å². The summed E-state index contributed by atoms with van der Waals surface area (Å²) in [6.45, 7) is 3.67. The third-order valence-corrected chi connectivity index (χ3v) is 7.45. The smallest absolute Gasteiger partial charge is 0.246 e. The first-order valence-corrected chi connectivity index (χ1v) is 11.5. The number of carbonyl (C=O) groups excluding carboxylic acids is 1. The van der Waals surface area contributed by atoms with Gasteiger partial charge in [0.2, 0.25) is 15.9 Å². The van der Waals surface area contributed by atoms with Gasteiger partial charge in [-0.1, -0.05) is 12.1 Å². The predicted octanol–water partition coefficient (Wildman–Crippen LogP) is 1.77. The number of hydrogen-bond acceptors (Lipinski definition) is 6. The second-order valence-corrected chi connectivity index (χ2v) is 10.4. The van der Waals surface area contributed by atoms with Crippen LogP contribution in [0.25, 0.3) is 0 Å². The second kappa shape index (κ2) is 8.90. The number of nitrogens with zero attached hydrogens (tertiary/aromatic N) is 5. The van der Waals surface area contributed by atoms with Crippen molar-refractivity contribution in [1.82, 2.24) is 24.2 Å². The fourth-order valence-corrected chi connectivity index (χ4v) is 5.72. The van der Waals surface area contributed by atoms with E-state index in [0.717, 1.165) is 12.1 Å². The average molecular weight is 485 g/mol. The highest BCUT2D eigenvalue weighted by Crippen LogP contribution is 2.31. The van der Waals surface area contributed by atoms with E-state index in [1.165, 1.54) is 15.1 Å². The lowest BCUT2D eigenvalue weighted by molar-refractivity contribution is -0.116. The van der Waals surface area contributed by atoms with Gasteiger partial charge in [-0.3, -0.25) is 4.79 Å². The standard InChI is InChI=1S/C18H25BrN6O3S/c1-13-6-7-25(9-13)29(27,28)17-8-14(4-5-16(17)19)20-18(26)12-24-11-15(21-22-24)10-23(2)3/h4-5,8,11,13H,6-7,9-10,12H2,1-3H3,(H,20,26)/t13-/m0/s1. The van der Waals surface area contributed by atoms with Crippen molar-refractivity contribution in [3.63, 3.8) is 0 Å². The summed E-state index contributed by atoms with van der Waals surface area (Å²) >= 11 is 3.33. The molecule has 0 unspecified atom stereocenters. The molecule has 0 radical (unpaired) electrons. The van der Waals surface area contributed by atoms with Crippen molar-refractivity contribution in [1.29, 1.82) is 0 Å². The van der Waals surface area contributed by atoms with Crippen LogP contribution in [0.15, 0.2) is 33.8 Å². The van der Waals surface area contributed by atoms with Crippen molar-refractivity contribution >= 4 is 37.5 Å². The highest BCUT2D eigenvalue weighted by Gasteiger charge is 2.32. The van der Waals surface area contributed by atoms with E-state index in [4.69, 9.17) is 0 Å². The molecule has 1 atom stereocenters. The molecular weight excluding hydrogens is 460 g/mol. The van der Waals surface area contributed by atoms with Gasteiger partial charge in [0.05, 0.1) is 16.8 Å². The van der Waals surface area contributed by atoms with E-state index in [-0.39, 0.29) is 17.3 Å². The molecule has 2 heterocycles. The molecule has 0 bridgehead atoms. The number of benzene rings is 1. The van der Waals surface area contributed by atoms with Gasteiger partial charge in [0, 0.05) is 29.8 Å². The lowest BCUT2D eigenvalue weighted by Gasteiger charge is -2.18. The maximum Gasteiger partial charge on any atom is 0.246 e. The van der Waals surface area contributed by atoms with Crippen molar-refractivity contribution in [3.05, 3.63) is 34.6 Å². The average Bonchev–Trinajstić information content (AvgIpc) is 3.25. The first-order valence-electron chi connectivity index (χ1n) is 9.28. The van der Waals surface area contributed by atoms with Crippen LogP contribution in [0, 0.1) is 5.92 Å².